The summed E-state index contributed by atoms with van der Waals surface area (Å²) in [4.78, 5) is 27.0. The van der Waals surface area contributed by atoms with Crippen molar-refractivity contribution in [2.75, 3.05) is 44.3 Å². The van der Waals surface area contributed by atoms with Crippen molar-refractivity contribution in [1.82, 2.24) is 4.90 Å². The van der Waals surface area contributed by atoms with Gasteiger partial charge in [-0.3, -0.25) is 14.9 Å². The molecule has 1 atom stereocenters. The predicted molar refractivity (Wildman–Crippen MR) is 93.4 cm³/mol. The number of amides is 1. The van der Waals surface area contributed by atoms with Crippen LogP contribution in [-0.4, -0.2) is 61.2 Å². The summed E-state index contributed by atoms with van der Waals surface area (Å²) in [6, 6.07) is 6.14. The normalized spacial score (nSPS) is 20.4. The summed E-state index contributed by atoms with van der Waals surface area (Å²) in [6.45, 7) is 3.80. The van der Waals surface area contributed by atoms with Crippen LogP contribution in [0.5, 0.6) is 0 Å². The number of nitro groups is 1. The Morgan fingerprint density at radius 3 is 2.56 bits per heavy atom. The molecule has 1 aromatic rings. The topological polar surface area (TPSA) is 102 Å². The number of hydrogen-bond acceptors (Lipinski definition) is 6. The Bertz CT molecular complexity index is 625. The molecule has 136 valence electrons. The van der Waals surface area contributed by atoms with Crippen molar-refractivity contribution < 1.29 is 14.5 Å². The van der Waals surface area contributed by atoms with Gasteiger partial charge in [0, 0.05) is 57.2 Å². The summed E-state index contributed by atoms with van der Waals surface area (Å²) in [5.74, 6) is 0.196. The van der Waals surface area contributed by atoms with Gasteiger partial charge in [-0.2, -0.15) is 0 Å². The van der Waals surface area contributed by atoms with Crippen molar-refractivity contribution in [3.8, 4) is 0 Å². The summed E-state index contributed by atoms with van der Waals surface area (Å²) in [5.41, 5.74) is 7.08. The van der Waals surface area contributed by atoms with Crippen LogP contribution < -0.4 is 10.6 Å². The first-order valence-electron chi connectivity index (χ1n) is 8.68. The predicted octanol–water partition coefficient (Wildman–Crippen LogP) is 0.997. The van der Waals surface area contributed by atoms with E-state index < -0.39 is 11.0 Å². The highest BCUT2D eigenvalue weighted by atomic mass is 16.6. The number of nitrogens with two attached hydrogens (primary N) is 1. The van der Waals surface area contributed by atoms with Crippen LogP contribution in [0.15, 0.2) is 24.3 Å². The number of rotatable bonds is 4. The van der Waals surface area contributed by atoms with Gasteiger partial charge >= 0.3 is 0 Å². The molecule has 8 heteroatoms. The molecule has 1 unspecified atom stereocenters. The van der Waals surface area contributed by atoms with E-state index in [1.165, 1.54) is 6.07 Å². The molecule has 2 aliphatic rings. The molecule has 8 nitrogen and oxygen atoms in total. The van der Waals surface area contributed by atoms with Crippen molar-refractivity contribution in [3.05, 3.63) is 34.4 Å². The van der Waals surface area contributed by atoms with Crippen molar-refractivity contribution in [1.29, 1.82) is 0 Å². The van der Waals surface area contributed by atoms with E-state index in [1.54, 1.807) is 12.1 Å². The highest BCUT2D eigenvalue weighted by molar-refractivity contribution is 5.82. The largest absolute Gasteiger partial charge is 0.381 e. The summed E-state index contributed by atoms with van der Waals surface area (Å²) < 4.78 is 5.33. The fourth-order valence-electron chi connectivity index (χ4n) is 3.48. The summed E-state index contributed by atoms with van der Waals surface area (Å²) in [7, 11) is 0. The van der Waals surface area contributed by atoms with Gasteiger partial charge < -0.3 is 20.3 Å². The Balaban J connectivity index is 1.57. The maximum Gasteiger partial charge on any atom is 0.271 e. The number of nitro benzene ring substituents is 1. The second-order valence-corrected chi connectivity index (χ2v) is 6.56. The lowest BCUT2D eigenvalue weighted by Crippen LogP contribution is -2.55. The molecule has 1 aromatic carbocycles. The quantitative estimate of drug-likeness (QED) is 0.643. The van der Waals surface area contributed by atoms with Crippen molar-refractivity contribution in [2.24, 2.45) is 11.7 Å². The lowest BCUT2D eigenvalue weighted by molar-refractivity contribution is -0.384. The van der Waals surface area contributed by atoms with Gasteiger partial charge in [-0.1, -0.05) is 6.07 Å². The maximum absolute atomic E-state index is 12.6. The van der Waals surface area contributed by atoms with E-state index >= 15 is 0 Å². The third kappa shape index (κ3) is 4.08. The Labute approximate surface area is 146 Å². The molecule has 2 N–H and O–H groups in total. The average Bonchev–Trinajstić information content (AvgIpc) is 2.67. The molecule has 0 radical (unpaired) electrons. The maximum atomic E-state index is 12.6. The minimum Gasteiger partial charge on any atom is -0.381 e. The van der Waals surface area contributed by atoms with Gasteiger partial charge in [-0.25, -0.2) is 0 Å². The van der Waals surface area contributed by atoms with Crippen LogP contribution in [0.25, 0.3) is 0 Å². The second kappa shape index (κ2) is 7.79. The Morgan fingerprint density at radius 2 is 1.92 bits per heavy atom. The lowest BCUT2D eigenvalue weighted by Gasteiger charge is -2.38. The first-order chi connectivity index (χ1) is 12.1. The lowest BCUT2D eigenvalue weighted by atomic mass is 9.91. The number of ether oxygens (including phenoxy) is 1. The third-order valence-corrected chi connectivity index (χ3v) is 5.06. The number of carbonyl (C=O) groups excluding carboxylic acids is 1. The van der Waals surface area contributed by atoms with E-state index in [4.69, 9.17) is 10.5 Å². The van der Waals surface area contributed by atoms with Crippen LogP contribution in [0.2, 0.25) is 0 Å². The van der Waals surface area contributed by atoms with Gasteiger partial charge in [-0.15, -0.1) is 0 Å². The van der Waals surface area contributed by atoms with Crippen LogP contribution in [0.4, 0.5) is 11.4 Å². The van der Waals surface area contributed by atoms with Gasteiger partial charge in [0.15, 0.2) is 0 Å². The molecular weight excluding hydrogens is 324 g/mol. The number of piperazine rings is 1. The molecule has 3 rings (SSSR count). The monoisotopic (exact) mass is 348 g/mol. The van der Waals surface area contributed by atoms with Crippen molar-refractivity contribution >= 4 is 17.3 Å². The van der Waals surface area contributed by atoms with E-state index in [2.05, 4.69) is 4.90 Å². The third-order valence-electron chi connectivity index (χ3n) is 5.06. The molecule has 0 aromatic heterocycles. The van der Waals surface area contributed by atoms with Crippen LogP contribution in [0.3, 0.4) is 0 Å². The zero-order valence-electron chi connectivity index (χ0n) is 14.2. The van der Waals surface area contributed by atoms with E-state index in [9.17, 15) is 14.9 Å². The number of benzene rings is 1. The first-order valence-corrected chi connectivity index (χ1v) is 8.68. The Hall–Kier alpha value is -2.19. The number of hydrogen-bond donors (Lipinski definition) is 1. The SMILES string of the molecule is NC(C(=O)N1CCN(c2cccc([N+](=O)[O-])c2)CC1)C1CCOCC1. The molecule has 2 aliphatic heterocycles. The van der Waals surface area contributed by atoms with Gasteiger partial charge in [0.25, 0.3) is 5.69 Å². The van der Waals surface area contributed by atoms with Gasteiger partial charge in [-0.05, 0) is 24.8 Å². The van der Waals surface area contributed by atoms with Crippen LogP contribution >= 0.6 is 0 Å². The van der Waals surface area contributed by atoms with Crippen LogP contribution in [-0.2, 0) is 9.53 Å². The summed E-state index contributed by atoms with van der Waals surface area (Å²) in [5, 5.41) is 10.9. The minimum atomic E-state index is -0.465. The minimum absolute atomic E-state index is 0.00518. The van der Waals surface area contributed by atoms with Crippen molar-refractivity contribution in [2.45, 2.75) is 18.9 Å². The highest BCUT2D eigenvalue weighted by Gasteiger charge is 2.31. The van der Waals surface area contributed by atoms with E-state index in [1.807, 2.05) is 11.0 Å². The van der Waals surface area contributed by atoms with Gasteiger partial charge in [0.1, 0.15) is 0 Å². The Kier molecular flexibility index (Phi) is 5.50. The first kappa shape index (κ1) is 17.6. The van der Waals surface area contributed by atoms with Crippen LogP contribution in [0.1, 0.15) is 12.8 Å². The molecule has 2 saturated heterocycles. The summed E-state index contributed by atoms with van der Waals surface area (Å²) in [6.07, 6.45) is 1.67. The molecule has 25 heavy (non-hydrogen) atoms. The number of carbonyl (C=O) groups is 1. The standard InChI is InChI=1S/C17H24N4O4/c18-16(13-4-10-25-11-5-13)17(22)20-8-6-19(7-9-20)14-2-1-3-15(12-14)21(23)24/h1-3,12-13,16H,4-11,18H2. The molecule has 0 bridgehead atoms. The molecule has 2 fully saturated rings. The number of anilines is 1. The number of nitrogens with zero attached hydrogens (tertiary/aromatic N) is 3. The van der Waals surface area contributed by atoms with E-state index in [0.717, 1.165) is 18.5 Å². The molecule has 1 amide bonds. The average molecular weight is 348 g/mol. The fourth-order valence-corrected chi connectivity index (χ4v) is 3.48. The summed E-state index contributed by atoms with van der Waals surface area (Å²) >= 11 is 0. The fraction of sp³-hybridized carbons (Fsp3) is 0.588. The number of non-ortho nitro benzene ring substituents is 1. The molecule has 0 saturated carbocycles. The highest BCUT2D eigenvalue weighted by Crippen LogP contribution is 2.23. The van der Waals surface area contributed by atoms with Crippen molar-refractivity contribution in [3.63, 3.8) is 0 Å². The Morgan fingerprint density at radius 1 is 1.24 bits per heavy atom. The van der Waals surface area contributed by atoms with Gasteiger partial charge in [0.05, 0.1) is 11.0 Å². The zero-order valence-corrected chi connectivity index (χ0v) is 14.2. The van der Waals surface area contributed by atoms with E-state index in [0.29, 0.717) is 39.4 Å². The van der Waals surface area contributed by atoms with Crippen LogP contribution in [0, 0.1) is 16.0 Å². The zero-order chi connectivity index (χ0) is 17.8. The molecular formula is C17H24N4O4. The van der Waals surface area contributed by atoms with Gasteiger partial charge in [0.2, 0.25) is 5.91 Å². The molecule has 2 heterocycles. The molecule has 0 spiro atoms. The second-order valence-electron chi connectivity index (χ2n) is 6.56. The molecule has 0 aliphatic carbocycles. The van der Waals surface area contributed by atoms with E-state index in [-0.39, 0.29) is 17.5 Å². The smallest absolute Gasteiger partial charge is 0.271 e.